The number of methoxy groups -OCH3 is 1. The Balaban J connectivity index is 2.44. The van der Waals surface area contributed by atoms with E-state index in [0.717, 1.165) is 19.4 Å². The molecule has 0 aromatic heterocycles. The second kappa shape index (κ2) is 6.45. The van der Waals surface area contributed by atoms with Gasteiger partial charge in [0.05, 0.1) is 16.1 Å². The fourth-order valence-corrected chi connectivity index (χ4v) is 3.60. The lowest BCUT2D eigenvalue weighted by Crippen LogP contribution is -2.49. The van der Waals surface area contributed by atoms with Gasteiger partial charge in [0.15, 0.2) is 0 Å². The smallest absolute Gasteiger partial charge is 0.0680 e. The van der Waals surface area contributed by atoms with Gasteiger partial charge < -0.3 is 10.1 Å². The third-order valence-corrected chi connectivity index (χ3v) is 4.97. The summed E-state index contributed by atoms with van der Waals surface area (Å²) in [6, 6.07) is 5.97. The van der Waals surface area contributed by atoms with Gasteiger partial charge in [-0.3, -0.25) is 0 Å². The van der Waals surface area contributed by atoms with Crippen LogP contribution in [0.4, 0.5) is 0 Å². The SMILES string of the molecule is CNC[C@]1(c2ccc(Cl)c(Cl)c2)CCCC[C@H]1OC. The number of rotatable bonds is 4. The van der Waals surface area contributed by atoms with Gasteiger partial charge in [-0.1, -0.05) is 42.1 Å². The van der Waals surface area contributed by atoms with Crippen LogP contribution in [-0.2, 0) is 10.2 Å². The van der Waals surface area contributed by atoms with Gasteiger partial charge in [-0.05, 0) is 37.6 Å². The van der Waals surface area contributed by atoms with Gasteiger partial charge in [0.2, 0.25) is 0 Å². The van der Waals surface area contributed by atoms with Crippen LogP contribution in [0.15, 0.2) is 18.2 Å². The fourth-order valence-electron chi connectivity index (χ4n) is 3.31. The van der Waals surface area contributed by atoms with Gasteiger partial charge in [-0.2, -0.15) is 0 Å². The van der Waals surface area contributed by atoms with E-state index in [1.54, 1.807) is 7.11 Å². The van der Waals surface area contributed by atoms with E-state index >= 15 is 0 Å². The van der Waals surface area contributed by atoms with Crippen molar-refractivity contribution < 1.29 is 4.74 Å². The molecule has 1 saturated carbocycles. The minimum absolute atomic E-state index is 0.00399. The number of hydrogen-bond donors (Lipinski definition) is 1. The Morgan fingerprint density at radius 3 is 2.74 bits per heavy atom. The highest BCUT2D eigenvalue weighted by molar-refractivity contribution is 6.42. The maximum Gasteiger partial charge on any atom is 0.0680 e. The van der Waals surface area contributed by atoms with Crippen molar-refractivity contribution in [3.8, 4) is 0 Å². The first kappa shape index (κ1) is 15.1. The van der Waals surface area contributed by atoms with Crippen LogP contribution in [0.5, 0.6) is 0 Å². The van der Waals surface area contributed by atoms with E-state index in [9.17, 15) is 0 Å². The van der Waals surface area contributed by atoms with Gasteiger partial charge in [0.25, 0.3) is 0 Å². The van der Waals surface area contributed by atoms with Crippen LogP contribution in [0.2, 0.25) is 10.0 Å². The Kier molecular flexibility index (Phi) is 5.13. The number of nitrogens with one attached hydrogen (secondary N) is 1. The molecule has 1 fully saturated rings. The molecule has 0 amide bonds. The van der Waals surface area contributed by atoms with E-state index < -0.39 is 0 Å². The summed E-state index contributed by atoms with van der Waals surface area (Å²) in [4.78, 5) is 0. The molecule has 1 aliphatic carbocycles. The minimum Gasteiger partial charge on any atom is -0.380 e. The molecule has 1 aromatic carbocycles. The molecule has 0 aliphatic heterocycles. The van der Waals surface area contributed by atoms with Crippen LogP contribution < -0.4 is 5.32 Å². The first-order valence-corrected chi connectivity index (χ1v) is 7.52. The molecule has 19 heavy (non-hydrogen) atoms. The van der Waals surface area contributed by atoms with Gasteiger partial charge in [0, 0.05) is 19.1 Å². The number of ether oxygens (including phenoxy) is 1. The predicted molar refractivity (Wildman–Crippen MR) is 81.3 cm³/mol. The van der Waals surface area contributed by atoms with Crippen molar-refractivity contribution in [3.63, 3.8) is 0 Å². The summed E-state index contributed by atoms with van der Waals surface area (Å²) in [6.07, 6.45) is 4.89. The Bertz CT molecular complexity index is 434. The molecular formula is C15H21Cl2NO. The Morgan fingerprint density at radius 2 is 2.11 bits per heavy atom. The van der Waals surface area contributed by atoms with Crippen molar-refractivity contribution in [2.24, 2.45) is 0 Å². The highest BCUT2D eigenvalue weighted by atomic mass is 35.5. The van der Waals surface area contributed by atoms with Crippen molar-refractivity contribution >= 4 is 23.2 Å². The standard InChI is InChI=1S/C15H21Cl2NO/c1-18-10-15(8-4-3-5-14(15)19-2)11-6-7-12(16)13(17)9-11/h6-7,9,14,18H,3-5,8,10H2,1-2H3/t14-,15+/m1/s1. The van der Waals surface area contributed by atoms with Crippen LogP contribution >= 0.6 is 23.2 Å². The normalized spacial score (nSPS) is 27.5. The molecule has 2 atom stereocenters. The Hall–Kier alpha value is -0.280. The fraction of sp³-hybridized carbons (Fsp3) is 0.600. The summed E-state index contributed by atoms with van der Waals surface area (Å²) < 4.78 is 5.77. The maximum absolute atomic E-state index is 6.19. The summed E-state index contributed by atoms with van der Waals surface area (Å²) >= 11 is 12.2. The second-order valence-electron chi connectivity index (χ2n) is 5.29. The summed E-state index contributed by atoms with van der Waals surface area (Å²) in [5, 5.41) is 4.55. The third-order valence-electron chi connectivity index (χ3n) is 4.23. The van der Waals surface area contributed by atoms with Crippen LogP contribution in [0.3, 0.4) is 0 Å². The van der Waals surface area contributed by atoms with Crippen LogP contribution in [0, 0.1) is 0 Å². The van der Waals surface area contributed by atoms with Crippen LogP contribution in [-0.4, -0.2) is 26.8 Å². The van der Waals surface area contributed by atoms with Crippen molar-refractivity contribution in [2.45, 2.75) is 37.2 Å². The summed E-state index contributed by atoms with van der Waals surface area (Å²) in [5.41, 5.74) is 1.22. The highest BCUT2D eigenvalue weighted by Gasteiger charge is 2.42. The highest BCUT2D eigenvalue weighted by Crippen LogP contribution is 2.42. The quantitative estimate of drug-likeness (QED) is 0.906. The molecule has 0 bridgehead atoms. The average Bonchev–Trinajstić information content (AvgIpc) is 2.42. The van der Waals surface area contributed by atoms with Gasteiger partial charge in [-0.15, -0.1) is 0 Å². The number of likely N-dealkylation sites (N-methyl/N-ethyl adjacent to an activating group) is 1. The molecule has 0 unspecified atom stereocenters. The molecule has 0 saturated heterocycles. The van der Waals surface area contributed by atoms with Crippen molar-refractivity contribution in [1.82, 2.24) is 5.32 Å². The summed E-state index contributed by atoms with van der Waals surface area (Å²) in [5.74, 6) is 0. The predicted octanol–water partition coefficient (Wildman–Crippen LogP) is 4.04. The Labute approximate surface area is 125 Å². The largest absolute Gasteiger partial charge is 0.380 e. The molecule has 2 rings (SSSR count). The molecule has 1 aromatic rings. The van der Waals surface area contributed by atoms with Crippen LogP contribution in [0.25, 0.3) is 0 Å². The third kappa shape index (κ3) is 2.92. The van der Waals surface area contributed by atoms with Gasteiger partial charge >= 0.3 is 0 Å². The molecule has 106 valence electrons. The minimum atomic E-state index is -0.00399. The van der Waals surface area contributed by atoms with E-state index in [1.165, 1.54) is 18.4 Å². The molecule has 4 heteroatoms. The number of hydrogen-bond acceptors (Lipinski definition) is 2. The van der Waals surface area contributed by atoms with Crippen LogP contribution in [0.1, 0.15) is 31.2 Å². The zero-order chi connectivity index (χ0) is 13.9. The lowest BCUT2D eigenvalue weighted by molar-refractivity contribution is 0.00211. The van der Waals surface area contributed by atoms with Crippen molar-refractivity contribution in [1.29, 1.82) is 0 Å². The second-order valence-corrected chi connectivity index (χ2v) is 6.10. The summed E-state index contributed by atoms with van der Waals surface area (Å²) in [7, 11) is 3.79. The van der Waals surface area contributed by atoms with Crippen molar-refractivity contribution in [2.75, 3.05) is 20.7 Å². The molecule has 0 spiro atoms. The molecular weight excluding hydrogens is 281 g/mol. The molecule has 0 heterocycles. The molecule has 1 aliphatic rings. The molecule has 2 nitrogen and oxygen atoms in total. The molecule has 0 radical (unpaired) electrons. The van der Waals surface area contributed by atoms with Gasteiger partial charge in [-0.25, -0.2) is 0 Å². The molecule has 1 N–H and O–H groups in total. The van der Waals surface area contributed by atoms with E-state index in [2.05, 4.69) is 11.4 Å². The monoisotopic (exact) mass is 301 g/mol. The number of benzene rings is 1. The zero-order valence-corrected chi connectivity index (χ0v) is 13.0. The lowest BCUT2D eigenvalue weighted by atomic mass is 9.67. The Morgan fingerprint density at radius 1 is 1.32 bits per heavy atom. The van der Waals surface area contributed by atoms with Gasteiger partial charge in [0.1, 0.15) is 0 Å². The topological polar surface area (TPSA) is 21.3 Å². The average molecular weight is 302 g/mol. The van der Waals surface area contributed by atoms with E-state index in [-0.39, 0.29) is 11.5 Å². The number of halogens is 2. The van der Waals surface area contributed by atoms with E-state index in [0.29, 0.717) is 10.0 Å². The first-order chi connectivity index (χ1) is 9.14. The van der Waals surface area contributed by atoms with E-state index in [4.69, 9.17) is 27.9 Å². The first-order valence-electron chi connectivity index (χ1n) is 6.77. The lowest BCUT2D eigenvalue weighted by Gasteiger charge is -2.44. The van der Waals surface area contributed by atoms with Crippen molar-refractivity contribution in [3.05, 3.63) is 33.8 Å². The maximum atomic E-state index is 6.19. The van der Waals surface area contributed by atoms with E-state index in [1.807, 2.05) is 19.2 Å². The zero-order valence-electron chi connectivity index (χ0n) is 11.5. The summed E-state index contributed by atoms with van der Waals surface area (Å²) in [6.45, 7) is 0.892.